The fourth-order valence-electron chi connectivity index (χ4n) is 4.12. The van der Waals surface area contributed by atoms with Gasteiger partial charge in [0, 0.05) is 50.0 Å². The highest BCUT2D eigenvalue weighted by molar-refractivity contribution is 6.33. The number of carboxylic acid groups (broad SMARTS) is 1. The predicted octanol–water partition coefficient (Wildman–Crippen LogP) is 3.82. The zero-order valence-electron chi connectivity index (χ0n) is 18.5. The maximum Gasteiger partial charge on any atom is 0.356 e. The number of ether oxygens (including phenoxy) is 1. The number of aromatic nitrogens is 2. The molecular formula is C24H26Cl2N4O4. The Hall–Kier alpha value is -2.78. The number of hydrogen-bond acceptors (Lipinski definition) is 6. The van der Waals surface area contributed by atoms with Crippen molar-refractivity contribution in [2.24, 2.45) is 0 Å². The minimum atomic E-state index is -1.03. The molecule has 1 saturated heterocycles. The minimum absolute atomic E-state index is 0.0462. The van der Waals surface area contributed by atoms with Crippen molar-refractivity contribution < 1.29 is 19.7 Å². The third-order valence-electron chi connectivity index (χ3n) is 5.83. The van der Waals surface area contributed by atoms with E-state index in [2.05, 4.69) is 14.8 Å². The minimum Gasteiger partial charge on any atom is -0.491 e. The maximum absolute atomic E-state index is 11.1. The van der Waals surface area contributed by atoms with Crippen molar-refractivity contribution in [1.82, 2.24) is 14.5 Å². The second-order valence-electron chi connectivity index (χ2n) is 8.05. The fourth-order valence-corrected chi connectivity index (χ4v) is 4.53. The van der Waals surface area contributed by atoms with Crippen molar-refractivity contribution in [2.45, 2.75) is 12.6 Å². The van der Waals surface area contributed by atoms with Crippen LogP contribution in [0.2, 0.25) is 10.0 Å². The highest BCUT2D eigenvalue weighted by atomic mass is 35.5. The number of halogens is 2. The molecular weight excluding hydrogens is 479 g/mol. The Bertz CT molecular complexity index is 1120. The molecule has 1 aliphatic heterocycles. The molecule has 1 atom stereocenters. The van der Waals surface area contributed by atoms with E-state index in [1.165, 1.54) is 0 Å². The third-order valence-corrected chi connectivity index (χ3v) is 6.39. The summed E-state index contributed by atoms with van der Waals surface area (Å²) in [6.07, 6.45) is 3.10. The van der Waals surface area contributed by atoms with Crippen LogP contribution in [0.4, 0.5) is 5.69 Å². The Morgan fingerprint density at radius 1 is 1.12 bits per heavy atom. The molecule has 0 aliphatic carbocycles. The normalized spacial score (nSPS) is 16.6. The fraction of sp³-hybridized carbons (Fsp3) is 0.333. The summed E-state index contributed by atoms with van der Waals surface area (Å²) in [5.74, 6) is -0.412. The molecule has 3 aromatic rings. The van der Waals surface area contributed by atoms with Gasteiger partial charge in [0.05, 0.1) is 29.7 Å². The van der Waals surface area contributed by atoms with Crippen molar-refractivity contribution in [2.75, 3.05) is 44.3 Å². The first-order valence-corrected chi connectivity index (χ1v) is 11.7. The molecule has 2 N–H and O–H groups in total. The molecule has 4 rings (SSSR count). The van der Waals surface area contributed by atoms with Crippen LogP contribution in [0, 0.1) is 0 Å². The molecule has 1 aliphatic rings. The van der Waals surface area contributed by atoms with E-state index in [0.717, 1.165) is 37.4 Å². The largest absolute Gasteiger partial charge is 0.491 e. The molecule has 0 radical (unpaired) electrons. The number of aromatic carboxylic acids is 1. The van der Waals surface area contributed by atoms with Crippen molar-refractivity contribution in [3.05, 3.63) is 76.3 Å². The maximum atomic E-state index is 11.1. The quantitative estimate of drug-likeness (QED) is 0.457. The van der Waals surface area contributed by atoms with E-state index in [-0.39, 0.29) is 24.9 Å². The molecule has 0 unspecified atom stereocenters. The van der Waals surface area contributed by atoms with Gasteiger partial charge in [-0.3, -0.25) is 4.90 Å². The van der Waals surface area contributed by atoms with Crippen LogP contribution in [-0.4, -0.2) is 70.0 Å². The number of benzene rings is 2. The molecule has 0 saturated carbocycles. The van der Waals surface area contributed by atoms with E-state index in [0.29, 0.717) is 22.3 Å². The number of rotatable bonds is 9. The Morgan fingerprint density at radius 3 is 2.59 bits per heavy atom. The number of anilines is 1. The van der Waals surface area contributed by atoms with E-state index in [4.69, 9.17) is 38.2 Å². The van der Waals surface area contributed by atoms with E-state index in [1.807, 2.05) is 36.4 Å². The van der Waals surface area contributed by atoms with Gasteiger partial charge < -0.3 is 24.4 Å². The van der Waals surface area contributed by atoms with Crippen LogP contribution in [0.1, 0.15) is 22.1 Å². The highest BCUT2D eigenvalue weighted by Gasteiger charge is 2.29. The average Bonchev–Trinajstić information content (AvgIpc) is 3.32. The van der Waals surface area contributed by atoms with Gasteiger partial charge in [-0.2, -0.15) is 0 Å². The van der Waals surface area contributed by atoms with Gasteiger partial charge in [-0.05, 0) is 29.8 Å². The molecule has 0 spiro atoms. The zero-order valence-corrected chi connectivity index (χ0v) is 20.0. The standard InChI is InChI=1S/C24H26Cl2N4O4/c25-18-3-1-17(2-4-18)23-15-28(7-8-29-14-21(24(32)33)27-16-29)9-10-30(23)22-6-5-19(13-20(22)26)34-12-11-31/h1-6,13-14,16,23,31H,7-12,15H2,(H,32,33)/t23-/m0/s1. The predicted molar refractivity (Wildman–Crippen MR) is 131 cm³/mol. The van der Waals surface area contributed by atoms with Gasteiger partial charge in [-0.1, -0.05) is 35.3 Å². The molecule has 2 heterocycles. The SMILES string of the molecule is O=C(O)c1cn(CCN2CCN(c3ccc(OCCO)cc3Cl)[C@H](c3ccc(Cl)cc3)C2)cn1. The molecule has 8 nitrogen and oxygen atoms in total. The molecule has 1 aromatic heterocycles. The number of carboxylic acids is 1. The topological polar surface area (TPSA) is 91.1 Å². The number of piperazine rings is 1. The van der Waals surface area contributed by atoms with Gasteiger partial charge in [-0.15, -0.1) is 0 Å². The first kappa shape index (κ1) is 24.3. The summed E-state index contributed by atoms with van der Waals surface area (Å²) < 4.78 is 7.29. The third kappa shape index (κ3) is 5.82. The summed E-state index contributed by atoms with van der Waals surface area (Å²) in [4.78, 5) is 19.6. The van der Waals surface area contributed by atoms with E-state index >= 15 is 0 Å². The van der Waals surface area contributed by atoms with Crippen LogP contribution in [0.25, 0.3) is 0 Å². The van der Waals surface area contributed by atoms with Crippen molar-refractivity contribution in [3.8, 4) is 5.75 Å². The van der Waals surface area contributed by atoms with Gasteiger partial charge in [0.1, 0.15) is 12.4 Å². The molecule has 34 heavy (non-hydrogen) atoms. The number of carbonyl (C=O) groups is 1. The Kier molecular flexibility index (Phi) is 7.95. The van der Waals surface area contributed by atoms with Crippen LogP contribution in [0.15, 0.2) is 55.0 Å². The Morgan fingerprint density at radius 2 is 1.91 bits per heavy atom. The van der Waals surface area contributed by atoms with Crippen molar-refractivity contribution in [3.63, 3.8) is 0 Å². The number of imidazole rings is 1. The summed E-state index contributed by atoms with van der Waals surface area (Å²) in [6, 6.07) is 13.5. The molecule has 10 heteroatoms. The van der Waals surface area contributed by atoms with Crippen LogP contribution in [0.3, 0.4) is 0 Å². The van der Waals surface area contributed by atoms with Crippen LogP contribution in [-0.2, 0) is 6.54 Å². The summed E-state index contributed by atoms with van der Waals surface area (Å²) >= 11 is 12.8. The van der Waals surface area contributed by atoms with Crippen molar-refractivity contribution >= 4 is 34.9 Å². The van der Waals surface area contributed by atoms with Gasteiger partial charge in [-0.25, -0.2) is 9.78 Å². The second-order valence-corrected chi connectivity index (χ2v) is 8.89. The smallest absolute Gasteiger partial charge is 0.356 e. The number of hydrogen-bond donors (Lipinski definition) is 2. The lowest BCUT2D eigenvalue weighted by molar-refractivity contribution is 0.0691. The first-order valence-electron chi connectivity index (χ1n) is 11.0. The lowest BCUT2D eigenvalue weighted by atomic mass is 10.0. The number of aliphatic hydroxyl groups is 1. The molecule has 2 aromatic carbocycles. The summed E-state index contributed by atoms with van der Waals surface area (Å²) in [6.45, 7) is 3.91. The van der Waals surface area contributed by atoms with E-state index < -0.39 is 5.97 Å². The van der Waals surface area contributed by atoms with Crippen LogP contribution in [0.5, 0.6) is 5.75 Å². The first-order chi connectivity index (χ1) is 16.4. The summed E-state index contributed by atoms with van der Waals surface area (Å²) in [5.41, 5.74) is 2.09. The lowest BCUT2D eigenvalue weighted by Gasteiger charge is -2.43. The molecule has 1 fully saturated rings. The van der Waals surface area contributed by atoms with Crippen LogP contribution < -0.4 is 9.64 Å². The molecule has 180 valence electrons. The van der Waals surface area contributed by atoms with Gasteiger partial charge in [0.15, 0.2) is 5.69 Å². The van der Waals surface area contributed by atoms with Gasteiger partial charge in [0.25, 0.3) is 0 Å². The van der Waals surface area contributed by atoms with Gasteiger partial charge in [0.2, 0.25) is 0 Å². The summed E-state index contributed by atoms with van der Waals surface area (Å²) in [5, 5.41) is 19.3. The van der Waals surface area contributed by atoms with Gasteiger partial charge >= 0.3 is 5.97 Å². The van der Waals surface area contributed by atoms with Crippen LogP contribution >= 0.6 is 23.2 Å². The lowest BCUT2D eigenvalue weighted by Crippen LogP contribution is -2.49. The number of aliphatic hydroxyl groups excluding tert-OH is 1. The number of nitrogens with zero attached hydrogens (tertiary/aromatic N) is 4. The molecule has 0 amide bonds. The molecule has 0 bridgehead atoms. The Balaban J connectivity index is 1.52. The van der Waals surface area contributed by atoms with E-state index in [1.54, 1.807) is 23.2 Å². The Labute approximate surface area is 207 Å². The second kappa shape index (κ2) is 11.1. The zero-order chi connectivity index (χ0) is 24.1. The average molecular weight is 505 g/mol. The van der Waals surface area contributed by atoms with E-state index in [9.17, 15) is 4.79 Å². The monoisotopic (exact) mass is 504 g/mol. The van der Waals surface area contributed by atoms with Crippen molar-refractivity contribution in [1.29, 1.82) is 0 Å². The highest BCUT2D eigenvalue weighted by Crippen LogP contribution is 2.37. The summed E-state index contributed by atoms with van der Waals surface area (Å²) in [7, 11) is 0.